The summed E-state index contributed by atoms with van der Waals surface area (Å²) in [6, 6.07) is 0. The summed E-state index contributed by atoms with van der Waals surface area (Å²) in [5.74, 6) is -0.0394. The van der Waals surface area contributed by atoms with Gasteiger partial charge in [0, 0.05) is 13.6 Å². The van der Waals surface area contributed by atoms with E-state index < -0.39 is 0 Å². The van der Waals surface area contributed by atoms with Crippen LogP contribution in [0.4, 0.5) is 0 Å². The molecule has 5 nitrogen and oxygen atoms in total. The molecule has 1 fully saturated rings. The largest absolute Gasteiger partial charge is 0.359 e. The molecule has 14 heavy (non-hydrogen) atoms. The molecule has 1 aliphatic heterocycles. The third-order valence-electron chi connectivity index (χ3n) is 2.14. The molecule has 0 unspecified atom stereocenters. The molecule has 0 aliphatic carbocycles. The van der Waals surface area contributed by atoms with Crippen molar-refractivity contribution in [1.29, 1.82) is 0 Å². The van der Waals surface area contributed by atoms with E-state index in [-0.39, 0.29) is 5.91 Å². The van der Waals surface area contributed by atoms with Crippen LogP contribution >= 0.6 is 15.9 Å². The summed E-state index contributed by atoms with van der Waals surface area (Å²) in [4.78, 5) is 13.5. The van der Waals surface area contributed by atoms with Gasteiger partial charge >= 0.3 is 0 Å². The van der Waals surface area contributed by atoms with E-state index in [1.165, 1.54) is 0 Å². The number of hydrogen-bond donors (Lipinski definition) is 0. The van der Waals surface area contributed by atoms with Crippen LogP contribution in [0.25, 0.3) is 0 Å². The first kappa shape index (κ1) is 9.67. The van der Waals surface area contributed by atoms with Crippen molar-refractivity contribution in [3.8, 4) is 0 Å². The van der Waals surface area contributed by atoms with Gasteiger partial charge in [-0.3, -0.25) is 9.48 Å². The summed E-state index contributed by atoms with van der Waals surface area (Å²) in [6.07, 6.45) is 1.56. The summed E-state index contributed by atoms with van der Waals surface area (Å²) in [5, 5.41) is 3.99. The predicted molar refractivity (Wildman–Crippen MR) is 52.8 cm³/mol. The molecule has 1 saturated heterocycles. The zero-order valence-electron chi connectivity index (χ0n) is 7.73. The summed E-state index contributed by atoms with van der Waals surface area (Å²) >= 11 is 3.31. The van der Waals surface area contributed by atoms with Crippen LogP contribution < -0.4 is 0 Å². The van der Waals surface area contributed by atoms with Crippen LogP contribution in [0.2, 0.25) is 0 Å². The lowest BCUT2D eigenvalue weighted by molar-refractivity contribution is 0.0694. The van der Waals surface area contributed by atoms with E-state index in [0.717, 1.165) is 0 Å². The molecule has 0 aromatic carbocycles. The number of ether oxygens (including phenoxy) is 1. The molecule has 0 bridgehead atoms. The van der Waals surface area contributed by atoms with Gasteiger partial charge in [-0.1, -0.05) is 0 Å². The Morgan fingerprint density at radius 2 is 2.50 bits per heavy atom. The van der Waals surface area contributed by atoms with Gasteiger partial charge in [0.25, 0.3) is 5.91 Å². The number of halogens is 1. The molecule has 0 spiro atoms. The Kier molecular flexibility index (Phi) is 2.56. The summed E-state index contributed by atoms with van der Waals surface area (Å²) in [5.41, 5.74) is 0.581. The number of carbonyl (C=O) groups excluding carboxylic acids is 1. The predicted octanol–water partition coefficient (Wildman–Crippen LogP) is 0.612. The van der Waals surface area contributed by atoms with Gasteiger partial charge in [-0.2, -0.15) is 5.10 Å². The smallest absolute Gasteiger partial charge is 0.260 e. The number of amides is 1. The fraction of sp³-hybridized carbons (Fsp3) is 0.500. The standard InChI is InChI=1S/C8H10BrN3O2/c1-11-7(9)6(4-10-11)8(13)12-2-3-14-5-12/h4H,2-3,5H2,1H3. The van der Waals surface area contributed by atoms with Crippen LogP contribution in [0.15, 0.2) is 10.8 Å². The molecule has 6 heteroatoms. The third-order valence-corrected chi connectivity index (χ3v) is 3.08. The van der Waals surface area contributed by atoms with E-state index in [9.17, 15) is 4.79 Å². The Hall–Kier alpha value is -0.880. The fourth-order valence-electron chi connectivity index (χ4n) is 1.31. The second-order valence-electron chi connectivity index (χ2n) is 3.08. The highest BCUT2D eigenvalue weighted by Gasteiger charge is 2.23. The van der Waals surface area contributed by atoms with E-state index in [0.29, 0.717) is 30.0 Å². The molecule has 0 atom stereocenters. The second-order valence-corrected chi connectivity index (χ2v) is 3.83. The molecule has 1 aromatic rings. The summed E-state index contributed by atoms with van der Waals surface area (Å²) < 4.78 is 7.43. The fourth-order valence-corrected chi connectivity index (χ4v) is 1.67. The van der Waals surface area contributed by atoms with Crippen LogP contribution in [0.5, 0.6) is 0 Å². The van der Waals surface area contributed by atoms with Crippen molar-refractivity contribution < 1.29 is 9.53 Å². The first-order valence-electron chi connectivity index (χ1n) is 4.24. The molecular weight excluding hydrogens is 250 g/mol. The number of aryl methyl sites for hydroxylation is 1. The first-order chi connectivity index (χ1) is 6.70. The molecule has 76 valence electrons. The average molecular weight is 260 g/mol. The van der Waals surface area contributed by atoms with Crippen molar-refractivity contribution in [2.45, 2.75) is 0 Å². The maximum atomic E-state index is 11.8. The van der Waals surface area contributed by atoms with Gasteiger partial charge in [-0.05, 0) is 15.9 Å². The van der Waals surface area contributed by atoms with Crippen molar-refractivity contribution in [1.82, 2.24) is 14.7 Å². The molecule has 2 rings (SSSR count). The third kappa shape index (κ3) is 1.55. The van der Waals surface area contributed by atoms with Crippen LogP contribution in [0.3, 0.4) is 0 Å². The molecular formula is C8H10BrN3O2. The lowest BCUT2D eigenvalue weighted by Gasteiger charge is -2.11. The van der Waals surface area contributed by atoms with E-state index in [4.69, 9.17) is 4.74 Å². The van der Waals surface area contributed by atoms with Gasteiger partial charge in [-0.25, -0.2) is 0 Å². The van der Waals surface area contributed by atoms with Crippen molar-refractivity contribution in [3.63, 3.8) is 0 Å². The molecule has 0 radical (unpaired) electrons. The normalized spacial score (nSPS) is 16.3. The van der Waals surface area contributed by atoms with Gasteiger partial charge < -0.3 is 9.64 Å². The maximum absolute atomic E-state index is 11.8. The van der Waals surface area contributed by atoms with Gasteiger partial charge in [0.05, 0.1) is 18.4 Å². The lowest BCUT2D eigenvalue weighted by Crippen LogP contribution is -2.28. The lowest BCUT2D eigenvalue weighted by atomic mass is 10.3. The van der Waals surface area contributed by atoms with E-state index in [1.54, 1.807) is 22.8 Å². The Balaban J connectivity index is 2.22. The number of rotatable bonds is 1. The second kappa shape index (κ2) is 3.70. The topological polar surface area (TPSA) is 47.4 Å². The van der Waals surface area contributed by atoms with Crippen LogP contribution in [-0.2, 0) is 11.8 Å². The Morgan fingerprint density at radius 3 is 3.00 bits per heavy atom. The van der Waals surface area contributed by atoms with Crippen LogP contribution in [-0.4, -0.2) is 40.5 Å². The highest BCUT2D eigenvalue weighted by molar-refractivity contribution is 9.10. The molecule has 1 aromatic heterocycles. The molecule has 0 N–H and O–H groups in total. The Morgan fingerprint density at radius 1 is 1.71 bits per heavy atom. The first-order valence-corrected chi connectivity index (χ1v) is 5.04. The van der Waals surface area contributed by atoms with Gasteiger partial charge in [0.1, 0.15) is 11.3 Å². The zero-order valence-corrected chi connectivity index (χ0v) is 9.32. The minimum atomic E-state index is -0.0394. The van der Waals surface area contributed by atoms with Gasteiger partial charge in [0.15, 0.2) is 0 Å². The SMILES string of the molecule is Cn1ncc(C(=O)N2CCOC2)c1Br. The number of nitrogens with zero attached hydrogens (tertiary/aromatic N) is 3. The van der Waals surface area contributed by atoms with Crippen molar-refractivity contribution in [2.75, 3.05) is 19.9 Å². The minimum absolute atomic E-state index is 0.0394. The molecule has 0 saturated carbocycles. The quantitative estimate of drug-likeness (QED) is 0.743. The Bertz CT molecular complexity index is 357. The molecule has 1 amide bonds. The number of carbonyl (C=O) groups is 1. The highest BCUT2D eigenvalue weighted by atomic mass is 79.9. The van der Waals surface area contributed by atoms with Crippen LogP contribution in [0.1, 0.15) is 10.4 Å². The maximum Gasteiger partial charge on any atom is 0.260 e. The van der Waals surface area contributed by atoms with Gasteiger partial charge in [0.2, 0.25) is 0 Å². The van der Waals surface area contributed by atoms with E-state index in [1.807, 2.05) is 0 Å². The average Bonchev–Trinajstić information content (AvgIpc) is 2.77. The van der Waals surface area contributed by atoms with Gasteiger partial charge in [-0.15, -0.1) is 0 Å². The monoisotopic (exact) mass is 259 g/mol. The molecule has 2 heterocycles. The van der Waals surface area contributed by atoms with Crippen molar-refractivity contribution >= 4 is 21.8 Å². The highest BCUT2D eigenvalue weighted by Crippen LogP contribution is 2.17. The zero-order chi connectivity index (χ0) is 10.1. The summed E-state index contributed by atoms with van der Waals surface area (Å²) in [6.45, 7) is 1.64. The van der Waals surface area contributed by atoms with Crippen molar-refractivity contribution in [3.05, 3.63) is 16.4 Å². The minimum Gasteiger partial charge on any atom is -0.359 e. The number of aromatic nitrogens is 2. The van der Waals surface area contributed by atoms with E-state index in [2.05, 4.69) is 21.0 Å². The van der Waals surface area contributed by atoms with E-state index >= 15 is 0 Å². The van der Waals surface area contributed by atoms with Crippen LogP contribution in [0, 0.1) is 0 Å². The molecule has 1 aliphatic rings. The van der Waals surface area contributed by atoms with Crippen molar-refractivity contribution in [2.24, 2.45) is 7.05 Å². The number of hydrogen-bond acceptors (Lipinski definition) is 3. The summed E-state index contributed by atoms with van der Waals surface area (Å²) in [7, 11) is 1.78. The Labute approximate surface area is 89.8 Å².